The molecule has 0 atom stereocenters. The zero-order valence-electron chi connectivity index (χ0n) is 17.3. The summed E-state index contributed by atoms with van der Waals surface area (Å²) in [6.45, 7) is 4.75. The summed E-state index contributed by atoms with van der Waals surface area (Å²) in [6.07, 6.45) is 3.14. The lowest BCUT2D eigenvalue weighted by molar-refractivity contribution is 0.0320. The van der Waals surface area contributed by atoms with Crippen LogP contribution in [0.1, 0.15) is 0 Å². The molecule has 9 heteroatoms. The van der Waals surface area contributed by atoms with E-state index >= 15 is 0 Å². The summed E-state index contributed by atoms with van der Waals surface area (Å²) < 4.78 is 13.2. The van der Waals surface area contributed by atoms with E-state index in [1.54, 1.807) is 30.5 Å². The van der Waals surface area contributed by atoms with Gasteiger partial charge in [0.1, 0.15) is 23.4 Å². The van der Waals surface area contributed by atoms with Crippen molar-refractivity contribution in [1.82, 2.24) is 19.4 Å². The summed E-state index contributed by atoms with van der Waals surface area (Å²) in [7, 11) is 0. The van der Waals surface area contributed by atoms with Crippen LogP contribution >= 0.6 is 11.3 Å². The lowest BCUT2D eigenvalue weighted by Crippen LogP contribution is -2.38. The number of fused-ring (bicyclic) bond motifs is 1. The number of morpholine rings is 1. The predicted molar refractivity (Wildman–Crippen MR) is 123 cm³/mol. The molecular formula is C23H22N4O4S. The Hall–Kier alpha value is -3.27. The number of pyridine rings is 1. The number of hydrogen-bond donors (Lipinski definition) is 1. The zero-order chi connectivity index (χ0) is 21.9. The maximum atomic E-state index is 13.1. The molecular weight excluding hydrogens is 428 g/mol. The molecule has 1 aliphatic rings. The molecule has 164 valence electrons. The van der Waals surface area contributed by atoms with Gasteiger partial charge < -0.3 is 14.6 Å². The smallest absolute Gasteiger partial charge is 0.275 e. The second kappa shape index (κ2) is 9.07. The van der Waals surface area contributed by atoms with Crippen molar-refractivity contribution >= 4 is 21.6 Å². The van der Waals surface area contributed by atoms with Gasteiger partial charge >= 0.3 is 0 Å². The molecule has 3 aromatic heterocycles. The Bertz CT molecular complexity index is 1260. The van der Waals surface area contributed by atoms with E-state index < -0.39 is 0 Å². The fourth-order valence-electron chi connectivity index (χ4n) is 3.57. The van der Waals surface area contributed by atoms with Gasteiger partial charge in [-0.3, -0.25) is 14.3 Å². The zero-order valence-corrected chi connectivity index (χ0v) is 18.1. The highest BCUT2D eigenvalue weighted by Gasteiger charge is 2.13. The van der Waals surface area contributed by atoms with E-state index in [9.17, 15) is 9.90 Å². The Morgan fingerprint density at radius 1 is 1.09 bits per heavy atom. The number of rotatable bonds is 6. The van der Waals surface area contributed by atoms with Crippen LogP contribution in [0.2, 0.25) is 0 Å². The average molecular weight is 451 g/mol. The van der Waals surface area contributed by atoms with Gasteiger partial charge in [-0.05, 0) is 42.0 Å². The minimum atomic E-state index is -0.146. The van der Waals surface area contributed by atoms with Crippen LogP contribution in [-0.4, -0.2) is 64.0 Å². The van der Waals surface area contributed by atoms with Crippen molar-refractivity contribution in [2.45, 2.75) is 0 Å². The molecule has 1 N–H and O–H groups in total. The first-order valence-electron chi connectivity index (χ1n) is 10.4. The quantitative estimate of drug-likeness (QED) is 0.483. The van der Waals surface area contributed by atoms with E-state index in [2.05, 4.69) is 14.9 Å². The fraction of sp³-hybridized carbons (Fsp3) is 0.261. The van der Waals surface area contributed by atoms with E-state index in [0.29, 0.717) is 28.4 Å². The monoisotopic (exact) mass is 450 g/mol. The van der Waals surface area contributed by atoms with Gasteiger partial charge in [0.2, 0.25) is 5.88 Å². The van der Waals surface area contributed by atoms with Gasteiger partial charge in [0.05, 0.1) is 30.6 Å². The predicted octanol–water partition coefficient (Wildman–Crippen LogP) is 2.93. The largest absolute Gasteiger partial charge is 0.508 e. The minimum absolute atomic E-state index is 0.146. The van der Waals surface area contributed by atoms with E-state index in [4.69, 9.17) is 9.47 Å². The van der Waals surface area contributed by atoms with Gasteiger partial charge in [0.15, 0.2) is 0 Å². The standard InChI is InChI=1S/C23H22N4O4S/c28-18-4-1-16(2-5-18)20-13-19-22(32-20)23(29)27(15-25-19)17-3-6-21(24-14-17)31-12-9-26-7-10-30-11-8-26/h1-6,13-15,28H,7-12H2. The van der Waals surface area contributed by atoms with Crippen molar-refractivity contribution in [2.75, 3.05) is 39.5 Å². The minimum Gasteiger partial charge on any atom is -0.508 e. The summed E-state index contributed by atoms with van der Waals surface area (Å²) in [5.41, 5.74) is 2.06. The number of nitrogens with zero attached hydrogens (tertiary/aromatic N) is 4. The van der Waals surface area contributed by atoms with Crippen LogP contribution in [-0.2, 0) is 4.74 Å². The molecule has 0 saturated carbocycles. The van der Waals surface area contributed by atoms with Crippen molar-refractivity contribution in [3.63, 3.8) is 0 Å². The first-order valence-corrected chi connectivity index (χ1v) is 11.2. The van der Waals surface area contributed by atoms with Gasteiger partial charge in [0, 0.05) is 30.6 Å². The number of aromatic hydroxyl groups is 1. The summed E-state index contributed by atoms with van der Waals surface area (Å²) in [5.74, 6) is 0.728. The van der Waals surface area contributed by atoms with Gasteiger partial charge in [-0.25, -0.2) is 9.97 Å². The summed E-state index contributed by atoms with van der Waals surface area (Å²) in [5, 5.41) is 9.49. The van der Waals surface area contributed by atoms with Crippen LogP contribution in [0.25, 0.3) is 26.3 Å². The Labute approximate surface area is 188 Å². The highest BCUT2D eigenvalue weighted by Crippen LogP contribution is 2.31. The Balaban J connectivity index is 1.32. The molecule has 8 nitrogen and oxygen atoms in total. The van der Waals surface area contributed by atoms with Gasteiger partial charge in [-0.15, -0.1) is 11.3 Å². The highest BCUT2D eigenvalue weighted by atomic mass is 32.1. The highest BCUT2D eigenvalue weighted by molar-refractivity contribution is 7.22. The number of benzene rings is 1. The fourth-order valence-corrected chi connectivity index (χ4v) is 4.61. The number of phenolic OH excluding ortho intramolecular Hbond substituents is 1. The van der Waals surface area contributed by atoms with Crippen LogP contribution in [0.15, 0.2) is 59.8 Å². The maximum absolute atomic E-state index is 13.1. The Kier molecular flexibility index (Phi) is 5.85. The van der Waals surface area contributed by atoms with Crippen LogP contribution in [0.5, 0.6) is 11.6 Å². The van der Waals surface area contributed by atoms with Gasteiger partial charge in [0.25, 0.3) is 5.56 Å². The summed E-state index contributed by atoms with van der Waals surface area (Å²) >= 11 is 1.38. The number of aromatic nitrogens is 3. The summed E-state index contributed by atoms with van der Waals surface area (Å²) in [6, 6.07) is 12.4. The second-order valence-corrected chi connectivity index (χ2v) is 8.50. The molecule has 4 aromatic rings. The van der Waals surface area contributed by atoms with Gasteiger partial charge in [-0.2, -0.15) is 0 Å². The number of ether oxygens (including phenoxy) is 2. The van der Waals surface area contributed by atoms with Crippen molar-refractivity contribution in [2.24, 2.45) is 0 Å². The van der Waals surface area contributed by atoms with Gasteiger partial charge in [-0.1, -0.05) is 0 Å². The number of hydrogen-bond acceptors (Lipinski definition) is 8. The lowest BCUT2D eigenvalue weighted by atomic mass is 10.2. The van der Waals surface area contributed by atoms with Crippen LogP contribution < -0.4 is 10.3 Å². The second-order valence-electron chi connectivity index (χ2n) is 7.45. The molecule has 32 heavy (non-hydrogen) atoms. The molecule has 0 bridgehead atoms. The molecule has 1 fully saturated rings. The average Bonchev–Trinajstić information content (AvgIpc) is 3.27. The number of thiophene rings is 1. The molecule has 0 amide bonds. The van der Waals surface area contributed by atoms with Crippen LogP contribution in [0, 0.1) is 0 Å². The van der Waals surface area contributed by atoms with Crippen molar-refractivity contribution in [3.8, 4) is 27.8 Å². The van der Waals surface area contributed by atoms with Crippen molar-refractivity contribution in [3.05, 3.63) is 65.3 Å². The van der Waals surface area contributed by atoms with Crippen LogP contribution in [0.3, 0.4) is 0 Å². The molecule has 4 heterocycles. The molecule has 0 aliphatic carbocycles. The summed E-state index contributed by atoms with van der Waals surface area (Å²) in [4.78, 5) is 25.1. The third-order valence-corrected chi connectivity index (χ3v) is 6.51. The molecule has 0 spiro atoms. The third kappa shape index (κ3) is 4.36. The molecule has 0 unspecified atom stereocenters. The molecule has 5 rings (SSSR count). The normalized spacial score (nSPS) is 14.6. The molecule has 1 aliphatic heterocycles. The molecule has 0 radical (unpaired) electrons. The van der Waals surface area contributed by atoms with Crippen molar-refractivity contribution < 1.29 is 14.6 Å². The SMILES string of the molecule is O=c1c2sc(-c3ccc(O)cc3)cc2ncn1-c1ccc(OCCN2CCOCC2)nc1. The Morgan fingerprint density at radius 2 is 1.91 bits per heavy atom. The lowest BCUT2D eigenvalue weighted by Gasteiger charge is -2.26. The van der Waals surface area contributed by atoms with E-state index in [1.807, 2.05) is 18.2 Å². The first kappa shape index (κ1) is 20.6. The first-order chi connectivity index (χ1) is 15.7. The number of phenols is 1. The molecule has 1 saturated heterocycles. The van der Waals surface area contributed by atoms with Crippen molar-refractivity contribution in [1.29, 1.82) is 0 Å². The van der Waals surface area contributed by atoms with Crippen LogP contribution in [0.4, 0.5) is 0 Å². The maximum Gasteiger partial charge on any atom is 0.275 e. The topological polar surface area (TPSA) is 89.7 Å². The van der Waals surface area contributed by atoms with E-state index in [1.165, 1.54) is 22.2 Å². The third-order valence-electron chi connectivity index (χ3n) is 5.35. The van der Waals surface area contributed by atoms with E-state index in [-0.39, 0.29) is 11.3 Å². The Morgan fingerprint density at radius 3 is 2.66 bits per heavy atom. The molecule has 1 aromatic carbocycles. The van der Waals surface area contributed by atoms with E-state index in [0.717, 1.165) is 43.3 Å².